The van der Waals surface area contributed by atoms with Crippen LogP contribution in [0.15, 0.2) is 59.4 Å². The molecule has 0 aliphatic carbocycles. The lowest BCUT2D eigenvalue weighted by atomic mass is 10.3. The smallest absolute Gasteiger partial charge is 0.275 e. The van der Waals surface area contributed by atoms with Crippen LogP contribution < -0.4 is 5.69 Å². The third-order valence-electron chi connectivity index (χ3n) is 4.17. The number of rotatable bonds is 4. The third kappa shape index (κ3) is 2.29. The summed E-state index contributed by atoms with van der Waals surface area (Å²) < 4.78 is 3.40. The summed E-state index contributed by atoms with van der Waals surface area (Å²) in [6.45, 7) is 2.77. The second-order valence-corrected chi connectivity index (χ2v) is 5.82. The highest BCUT2D eigenvalue weighted by Gasteiger charge is 2.17. The fourth-order valence-electron chi connectivity index (χ4n) is 2.94. The maximum Gasteiger partial charge on any atom is 0.336 e. The van der Waals surface area contributed by atoms with Crippen molar-refractivity contribution in [1.82, 2.24) is 19.1 Å². The molecule has 0 amide bonds. The normalized spacial score (nSPS) is 11.4. The number of hydrogen-bond donors (Lipinski definition) is 0. The number of aryl methyl sites for hydroxylation is 1. The summed E-state index contributed by atoms with van der Waals surface area (Å²) in [6.07, 6.45) is 1.95. The number of fused-ring (bicyclic) bond motifs is 2. The van der Waals surface area contributed by atoms with Crippen molar-refractivity contribution in [2.24, 2.45) is 0 Å². The van der Waals surface area contributed by atoms with Crippen molar-refractivity contribution in [3.8, 4) is 5.69 Å². The quantitative estimate of drug-likeness (QED) is 0.578. The summed E-state index contributed by atoms with van der Waals surface area (Å²) in [5.74, 6) is 0. The highest BCUT2D eigenvalue weighted by molar-refractivity contribution is 5.83. The highest BCUT2D eigenvalue weighted by atomic mass is 16.1. The molecule has 0 bridgehead atoms. The molecule has 4 rings (SSSR count). The van der Waals surface area contributed by atoms with Gasteiger partial charge in [-0.3, -0.25) is 4.57 Å². The van der Waals surface area contributed by atoms with E-state index in [0.717, 1.165) is 29.6 Å². The number of aromatic nitrogens is 4. The minimum absolute atomic E-state index is 0.0834. The molecule has 2 heterocycles. The van der Waals surface area contributed by atoms with Gasteiger partial charge in [-0.05, 0) is 30.7 Å². The Hall–Kier alpha value is -2.95. The van der Waals surface area contributed by atoms with Crippen molar-refractivity contribution in [2.45, 2.75) is 26.3 Å². The van der Waals surface area contributed by atoms with Gasteiger partial charge in [0.05, 0.1) is 16.7 Å². The van der Waals surface area contributed by atoms with Crippen molar-refractivity contribution in [1.29, 1.82) is 0 Å². The van der Waals surface area contributed by atoms with Crippen molar-refractivity contribution in [2.75, 3.05) is 0 Å². The van der Waals surface area contributed by atoms with Crippen LogP contribution in [-0.2, 0) is 6.54 Å². The van der Waals surface area contributed by atoms with Crippen LogP contribution in [0.5, 0.6) is 0 Å². The average molecular weight is 318 g/mol. The van der Waals surface area contributed by atoms with E-state index in [1.807, 2.05) is 54.6 Å². The number of para-hydroxylation sites is 3. The van der Waals surface area contributed by atoms with Crippen LogP contribution in [0.4, 0.5) is 0 Å². The van der Waals surface area contributed by atoms with Gasteiger partial charge >= 0.3 is 5.69 Å². The first kappa shape index (κ1) is 14.6. The molecule has 24 heavy (non-hydrogen) atoms. The van der Waals surface area contributed by atoms with E-state index in [1.165, 1.54) is 0 Å². The molecule has 0 N–H and O–H groups in total. The molecule has 0 atom stereocenters. The Balaban J connectivity index is 2.08. The van der Waals surface area contributed by atoms with Crippen LogP contribution in [-0.4, -0.2) is 19.1 Å². The fourth-order valence-corrected chi connectivity index (χ4v) is 2.94. The van der Waals surface area contributed by atoms with Crippen molar-refractivity contribution < 1.29 is 0 Å². The molecule has 0 aliphatic rings. The molecule has 0 unspecified atom stereocenters. The Kier molecular flexibility index (Phi) is 3.61. The lowest BCUT2D eigenvalue weighted by molar-refractivity contribution is 0.619. The first-order valence-corrected chi connectivity index (χ1v) is 8.23. The van der Waals surface area contributed by atoms with E-state index in [9.17, 15) is 4.79 Å². The Labute approximate surface area is 139 Å². The van der Waals surface area contributed by atoms with E-state index < -0.39 is 0 Å². The van der Waals surface area contributed by atoms with Gasteiger partial charge in [0.15, 0.2) is 11.3 Å². The van der Waals surface area contributed by atoms with Crippen LogP contribution >= 0.6 is 0 Å². The van der Waals surface area contributed by atoms with Gasteiger partial charge in [0.2, 0.25) is 0 Å². The molecule has 0 aliphatic heterocycles. The Morgan fingerprint density at radius 3 is 2.17 bits per heavy atom. The molecule has 120 valence electrons. The summed E-state index contributed by atoms with van der Waals surface area (Å²) in [7, 11) is 0. The second kappa shape index (κ2) is 5.92. The summed E-state index contributed by atoms with van der Waals surface area (Å²) in [5.41, 5.74) is 3.59. The van der Waals surface area contributed by atoms with Crippen LogP contribution in [0.2, 0.25) is 0 Å². The van der Waals surface area contributed by atoms with Crippen molar-refractivity contribution in [3.05, 3.63) is 65.1 Å². The van der Waals surface area contributed by atoms with Gasteiger partial charge in [0.25, 0.3) is 0 Å². The predicted molar refractivity (Wildman–Crippen MR) is 95.5 cm³/mol. The van der Waals surface area contributed by atoms with E-state index in [-0.39, 0.29) is 5.69 Å². The second-order valence-electron chi connectivity index (χ2n) is 5.82. The van der Waals surface area contributed by atoms with E-state index in [0.29, 0.717) is 17.8 Å². The zero-order valence-corrected chi connectivity index (χ0v) is 13.5. The molecule has 0 saturated carbocycles. The molecule has 5 heteroatoms. The molecule has 2 aromatic heterocycles. The SMILES string of the molecule is CCCCn1c(=O)n(-c2ccccc2)c2nc3ccccc3nc21. The van der Waals surface area contributed by atoms with Gasteiger partial charge in [-0.15, -0.1) is 0 Å². The average Bonchev–Trinajstić information content (AvgIpc) is 2.89. The molecule has 0 saturated heterocycles. The molecular formula is C19H18N4O. The Bertz CT molecular complexity index is 1060. The van der Waals surface area contributed by atoms with Gasteiger partial charge in [0, 0.05) is 6.54 Å². The maximum absolute atomic E-state index is 13.0. The van der Waals surface area contributed by atoms with E-state index in [2.05, 4.69) is 6.92 Å². The zero-order chi connectivity index (χ0) is 16.5. The zero-order valence-electron chi connectivity index (χ0n) is 13.5. The molecule has 0 radical (unpaired) electrons. The Morgan fingerprint density at radius 2 is 1.50 bits per heavy atom. The molecule has 5 nitrogen and oxygen atoms in total. The van der Waals surface area contributed by atoms with E-state index >= 15 is 0 Å². The van der Waals surface area contributed by atoms with Gasteiger partial charge in [-0.2, -0.15) is 0 Å². The van der Waals surface area contributed by atoms with Crippen molar-refractivity contribution >= 4 is 22.3 Å². The first-order chi connectivity index (χ1) is 11.8. The summed E-state index contributed by atoms with van der Waals surface area (Å²) in [4.78, 5) is 22.5. The number of unbranched alkanes of at least 4 members (excludes halogenated alkanes) is 1. The number of nitrogens with zero attached hydrogens (tertiary/aromatic N) is 4. The van der Waals surface area contributed by atoms with E-state index in [1.54, 1.807) is 9.13 Å². The summed E-state index contributed by atoms with van der Waals surface area (Å²) >= 11 is 0. The topological polar surface area (TPSA) is 52.7 Å². The summed E-state index contributed by atoms with van der Waals surface area (Å²) in [6, 6.07) is 17.3. The molecule has 0 fully saturated rings. The lowest BCUT2D eigenvalue weighted by Gasteiger charge is -2.02. The molecule has 4 aromatic rings. The van der Waals surface area contributed by atoms with E-state index in [4.69, 9.17) is 9.97 Å². The highest BCUT2D eigenvalue weighted by Crippen LogP contribution is 2.18. The van der Waals surface area contributed by atoms with Gasteiger partial charge in [0.1, 0.15) is 0 Å². The summed E-state index contributed by atoms with van der Waals surface area (Å²) in [5, 5.41) is 0. The number of hydrogen-bond acceptors (Lipinski definition) is 3. The minimum Gasteiger partial charge on any atom is -0.275 e. The van der Waals surface area contributed by atoms with Crippen LogP contribution in [0.1, 0.15) is 19.8 Å². The third-order valence-corrected chi connectivity index (χ3v) is 4.17. The number of benzene rings is 2. The number of imidazole rings is 1. The monoisotopic (exact) mass is 318 g/mol. The fraction of sp³-hybridized carbons (Fsp3) is 0.211. The van der Waals surface area contributed by atoms with Crippen LogP contribution in [0, 0.1) is 0 Å². The van der Waals surface area contributed by atoms with Gasteiger partial charge in [-0.1, -0.05) is 43.7 Å². The first-order valence-electron chi connectivity index (χ1n) is 8.23. The van der Waals surface area contributed by atoms with Gasteiger partial charge < -0.3 is 0 Å². The predicted octanol–water partition coefficient (Wildman–Crippen LogP) is 3.54. The minimum atomic E-state index is -0.0834. The van der Waals surface area contributed by atoms with Crippen molar-refractivity contribution in [3.63, 3.8) is 0 Å². The largest absolute Gasteiger partial charge is 0.336 e. The maximum atomic E-state index is 13.0. The van der Waals surface area contributed by atoms with Gasteiger partial charge in [-0.25, -0.2) is 19.3 Å². The standard InChI is InChI=1S/C19H18N4O/c1-2-3-13-22-17-18(21-16-12-8-7-11-15(16)20-17)23(19(22)24)14-9-5-4-6-10-14/h4-12H,2-3,13H2,1H3. The lowest BCUT2D eigenvalue weighted by Crippen LogP contribution is -2.23. The molecule has 2 aromatic carbocycles. The molecule has 0 spiro atoms. The Morgan fingerprint density at radius 1 is 0.875 bits per heavy atom. The van der Waals surface area contributed by atoms with Crippen LogP contribution in [0.3, 0.4) is 0 Å². The molecular weight excluding hydrogens is 300 g/mol. The van der Waals surface area contributed by atoms with Crippen LogP contribution in [0.25, 0.3) is 28.0 Å².